The molecule has 2 rings (SSSR count). The van der Waals surface area contributed by atoms with Gasteiger partial charge in [-0.25, -0.2) is 4.98 Å². The molecule has 0 aromatic carbocycles. The third kappa shape index (κ3) is 2.97. The first-order valence-corrected chi connectivity index (χ1v) is 7.03. The second-order valence-electron chi connectivity index (χ2n) is 4.63. The summed E-state index contributed by atoms with van der Waals surface area (Å²) < 4.78 is 0. The van der Waals surface area contributed by atoms with E-state index in [4.69, 9.17) is 0 Å². The number of carbonyl (C=O) groups excluding carboxylic acids is 1. The molecule has 1 amide bonds. The number of anilines is 1. The van der Waals surface area contributed by atoms with E-state index in [1.54, 1.807) is 5.38 Å². The normalized spacial score (nSPS) is 24.4. The summed E-state index contributed by atoms with van der Waals surface area (Å²) in [5.74, 6) is 0.539. The second-order valence-corrected chi connectivity index (χ2v) is 5.49. The second kappa shape index (κ2) is 5.49. The molecule has 2 atom stereocenters. The first kappa shape index (κ1) is 12.4. The van der Waals surface area contributed by atoms with E-state index >= 15 is 0 Å². The number of aromatic nitrogens is 1. The van der Waals surface area contributed by atoms with E-state index in [0.29, 0.717) is 17.7 Å². The summed E-state index contributed by atoms with van der Waals surface area (Å²) in [5.41, 5.74) is 0.525. The molecule has 17 heavy (non-hydrogen) atoms. The van der Waals surface area contributed by atoms with Crippen LogP contribution in [-0.2, 0) is 0 Å². The van der Waals surface area contributed by atoms with Crippen LogP contribution < -0.4 is 10.6 Å². The van der Waals surface area contributed by atoms with Crippen LogP contribution in [-0.4, -0.2) is 24.0 Å². The fourth-order valence-corrected chi connectivity index (χ4v) is 2.92. The molecule has 0 spiro atoms. The highest BCUT2D eigenvalue weighted by Crippen LogP contribution is 2.24. The molecule has 0 saturated heterocycles. The minimum atomic E-state index is -0.0403. The predicted molar refractivity (Wildman–Crippen MR) is 70.5 cm³/mol. The van der Waals surface area contributed by atoms with Gasteiger partial charge in [0, 0.05) is 18.5 Å². The van der Waals surface area contributed by atoms with Crippen LogP contribution in [0.4, 0.5) is 5.13 Å². The summed E-state index contributed by atoms with van der Waals surface area (Å²) in [6, 6.07) is 0.316. The van der Waals surface area contributed by atoms with Gasteiger partial charge in [0.1, 0.15) is 5.69 Å². The van der Waals surface area contributed by atoms with Crippen molar-refractivity contribution in [2.45, 2.75) is 38.6 Å². The van der Waals surface area contributed by atoms with Gasteiger partial charge in [-0.15, -0.1) is 11.3 Å². The molecule has 94 valence electrons. The van der Waals surface area contributed by atoms with Gasteiger partial charge in [-0.3, -0.25) is 4.79 Å². The van der Waals surface area contributed by atoms with Crippen molar-refractivity contribution in [1.82, 2.24) is 10.3 Å². The number of rotatable bonds is 3. The summed E-state index contributed by atoms with van der Waals surface area (Å²) in [6.45, 7) is 2.21. The maximum Gasteiger partial charge on any atom is 0.271 e. The Balaban J connectivity index is 1.96. The third-order valence-corrected chi connectivity index (χ3v) is 4.24. The van der Waals surface area contributed by atoms with Crippen molar-refractivity contribution in [3.05, 3.63) is 11.1 Å². The molecule has 5 heteroatoms. The van der Waals surface area contributed by atoms with Gasteiger partial charge >= 0.3 is 0 Å². The first-order chi connectivity index (χ1) is 8.20. The van der Waals surface area contributed by atoms with Gasteiger partial charge in [0.15, 0.2) is 5.13 Å². The number of amides is 1. The molecule has 1 fully saturated rings. The molecule has 1 aliphatic rings. The molecule has 0 bridgehead atoms. The fourth-order valence-electron chi connectivity index (χ4n) is 2.27. The monoisotopic (exact) mass is 253 g/mol. The molecule has 1 heterocycles. The van der Waals surface area contributed by atoms with Gasteiger partial charge in [-0.2, -0.15) is 0 Å². The zero-order valence-electron chi connectivity index (χ0n) is 10.3. The number of carbonyl (C=O) groups is 1. The lowest BCUT2D eigenvalue weighted by molar-refractivity contribution is 0.0906. The number of hydrogen-bond donors (Lipinski definition) is 2. The highest BCUT2D eigenvalue weighted by atomic mass is 32.1. The molecule has 0 radical (unpaired) electrons. The van der Waals surface area contributed by atoms with Crippen LogP contribution in [0.25, 0.3) is 0 Å². The Morgan fingerprint density at radius 3 is 2.88 bits per heavy atom. The highest BCUT2D eigenvalue weighted by Gasteiger charge is 2.23. The Bertz CT molecular complexity index is 391. The van der Waals surface area contributed by atoms with Crippen molar-refractivity contribution in [3.8, 4) is 0 Å². The minimum Gasteiger partial charge on any atom is -0.365 e. The number of hydrogen-bond acceptors (Lipinski definition) is 4. The predicted octanol–water partition coefficient (Wildman–Crippen LogP) is 2.49. The van der Waals surface area contributed by atoms with Gasteiger partial charge in [-0.1, -0.05) is 19.8 Å². The minimum absolute atomic E-state index is 0.0403. The van der Waals surface area contributed by atoms with Gasteiger partial charge < -0.3 is 10.6 Å². The van der Waals surface area contributed by atoms with Gasteiger partial charge in [0.2, 0.25) is 0 Å². The van der Waals surface area contributed by atoms with Gasteiger partial charge in [-0.05, 0) is 18.8 Å². The molecule has 1 aromatic rings. The quantitative estimate of drug-likeness (QED) is 0.870. The van der Waals surface area contributed by atoms with Crippen molar-refractivity contribution < 1.29 is 4.79 Å². The Labute approximate surface area is 106 Å². The van der Waals surface area contributed by atoms with Crippen molar-refractivity contribution in [2.75, 3.05) is 12.4 Å². The summed E-state index contributed by atoms with van der Waals surface area (Å²) in [6.07, 6.45) is 4.81. The third-order valence-electron chi connectivity index (χ3n) is 3.38. The summed E-state index contributed by atoms with van der Waals surface area (Å²) in [7, 11) is 1.81. The van der Waals surface area contributed by atoms with Crippen LogP contribution in [0.3, 0.4) is 0 Å². The Morgan fingerprint density at radius 2 is 2.24 bits per heavy atom. The Hall–Kier alpha value is -1.10. The molecular formula is C12H19N3OS. The molecule has 1 saturated carbocycles. The molecule has 2 N–H and O–H groups in total. The van der Waals surface area contributed by atoms with E-state index < -0.39 is 0 Å². The average molecular weight is 253 g/mol. The molecule has 1 aliphatic carbocycles. The lowest BCUT2D eigenvalue weighted by Gasteiger charge is -2.29. The summed E-state index contributed by atoms with van der Waals surface area (Å²) >= 11 is 1.46. The zero-order valence-corrected chi connectivity index (χ0v) is 11.1. The molecule has 4 nitrogen and oxygen atoms in total. The molecular weight excluding hydrogens is 234 g/mol. The summed E-state index contributed by atoms with van der Waals surface area (Å²) in [4.78, 5) is 16.2. The van der Waals surface area contributed by atoms with E-state index in [9.17, 15) is 4.79 Å². The van der Waals surface area contributed by atoms with Gasteiger partial charge in [0.25, 0.3) is 5.91 Å². The summed E-state index contributed by atoms with van der Waals surface area (Å²) in [5, 5.41) is 8.63. The number of thiazole rings is 1. The van der Waals surface area contributed by atoms with Crippen molar-refractivity contribution in [2.24, 2.45) is 5.92 Å². The number of nitrogens with one attached hydrogen (secondary N) is 2. The van der Waals surface area contributed by atoms with Gasteiger partial charge in [0.05, 0.1) is 0 Å². The first-order valence-electron chi connectivity index (χ1n) is 6.15. The maximum atomic E-state index is 12.0. The number of nitrogens with zero attached hydrogens (tertiary/aromatic N) is 1. The standard InChI is InChI=1S/C12H19N3OS/c1-8-5-3-4-6-9(8)14-11(16)10-7-17-12(13-2)15-10/h7-9H,3-6H2,1-2H3,(H,13,15)(H,14,16)/t8-,9+/m1/s1. The SMILES string of the molecule is CNc1nc(C(=O)N[C@H]2CCCC[C@H]2C)cs1. The van der Waals surface area contributed by atoms with Crippen molar-refractivity contribution in [3.63, 3.8) is 0 Å². The van der Waals surface area contributed by atoms with Crippen LogP contribution in [0.2, 0.25) is 0 Å². The van der Waals surface area contributed by atoms with Crippen LogP contribution >= 0.6 is 11.3 Å². The molecule has 0 aliphatic heterocycles. The largest absolute Gasteiger partial charge is 0.365 e. The molecule has 0 unspecified atom stereocenters. The Kier molecular flexibility index (Phi) is 3.99. The van der Waals surface area contributed by atoms with E-state index in [1.807, 2.05) is 7.05 Å². The van der Waals surface area contributed by atoms with Crippen molar-refractivity contribution >= 4 is 22.4 Å². The lowest BCUT2D eigenvalue weighted by Crippen LogP contribution is -2.41. The van der Waals surface area contributed by atoms with Crippen LogP contribution in [0.5, 0.6) is 0 Å². The average Bonchev–Trinajstić information content (AvgIpc) is 2.81. The van der Waals surface area contributed by atoms with E-state index in [1.165, 1.54) is 30.6 Å². The van der Waals surface area contributed by atoms with Crippen LogP contribution in [0.1, 0.15) is 43.1 Å². The van der Waals surface area contributed by atoms with Crippen LogP contribution in [0, 0.1) is 5.92 Å². The zero-order chi connectivity index (χ0) is 12.3. The Morgan fingerprint density at radius 1 is 1.47 bits per heavy atom. The molecule has 1 aromatic heterocycles. The highest BCUT2D eigenvalue weighted by molar-refractivity contribution is 7.13. The fraction of sp³-hybridized carbons (Fsp3) is 0.667. The smallest absolute Gasteiger partial charge is 0.271 e. The van der Waals surface area contributed by atoms with E-state index in [2.05, 4.69) is 22.5 Å². The lowest BCUT2D eigenvalue weighted by atomic mass is 9.86. The van der Waals surface area contributed by atoms with Crippen molar-refractivity contribution in [1.29, 1.82) is 0 Å². The van der Waals surface area contributed by atoms with E-state index in [-0.39, 0.29) is 5.91 Å². The van der Waals surface area contributed by atoms with Crippen LogP contribution in [0.15, 0.2) is 5.38 Å². The maximum absolute atomic E-state index is 12.0. The van der Waals surface area contributed by atoms with E-state index in [0.717, 1.165) is 11.6 Å². The topological polar surface area (TPSA) is 54.0 Å².